The highest BCUT2D eigenvalue weighted by atomic mass is 32.2. The van der Waals surface area contributed by atoms with Crippen molar-refractivity contribution in [3.63, 3.8) is 0 Å². The molecule has 0 amide bonds. The number of hydrogen-bond acceptors (Lipinski definition) is 2. The van der Waals surface area contributed by atoms with Crippen LogP contribution in [0.3, 0.4) is 0 Å². The molecular formula is C19H25NS. The SMILES string of the molecule is CSC1(CNCc2ccc3ccccc3c2)CCCCC1. The molecule has 112 valence electrons. The van der Waals surface area contributed by atoms with Gasteiger partial charge in [-0.1, -0.05) is 55.7 Å². The summed E-state index contributed by atoms with van der Waals surface area (Å²) in [6.07, 6.45) is 9.25. The van der Waals surface area contributed by atoms with Crippen molar-refractivity contribution in [1.82, 2.24) is 5.32 Å². The van der Waals surface area contributed by atoms with Gasteiger partial charge < -0.3 is 5.32 Å². The lowest BCUT2D eigenvalue weighted by Gasteiger charge is -2.36. The van der Waals surface area contributed by atoms with Crippen LogP contribution in [0, 0.1) is 0 Å². The lowest BCUT2D eigenvalue weighted by Crippen LogP contribution is -2.39. The summed E-state index contributed by atoms with van der Waals surface area (Å²) in [6.45, 7) is 2.12. The van der Waals surface area contributed by atoms with Gasteiger partial charge in [-0.2, -0.15) is 11.8 Å². The minimum Gasteiger partial charge on any atom is -0.311 e. The standard InChI is InChI=1S/C19H25NS/c1-21-19(11-5-2-6-12-19)15-20-14-16-9-10-17-7-3-4-8-18(17)13-16/h3-4,7-10,13,20H,2,5-6,11-12,14-15H2,1H3. The summed E-state index contributed by atoms with van der Waals surface area (Å²) in [6, 6.07) is 15.4. The van der Waals surface area contributed by atoms with Gasteiger partial charge in [-0.25, -0.2) is 0 Å². The Morgan fingerprint density at radius 1 is 1.00 bits per heavy atom. The van der Waals surface area contributed by atoms with Crippen LogP contribution in [-0.4, -0.2) is 17.5 Å². The molecule has 21 heavy (non-hydrogen) atoms. The largest absolute Gasteiger partial charge is 0.311 e. The Morgan fingerprint density at radius 3 is 2.52 bits per heavy atom. The molecule has 1 nitrogen and oxygen atoms in total. The van der Waals surface area contributed by atoms with E-state index in [0.717, 1.165) is 13.1 Å². The highest BCUT2D eigenvalue weighted by Gasteiger charge is 2.30. The summed E-state index contributed by atoms with van der Waals surface area (Å²) in [5.41, 5.74) is 1.39. The fraction of sp³-hybridized carbons (Fsp3) is 0.474. The van der Waals surface area contributed by atoms with Crippen LogP contribution in [0.5, 0.6) is 0 Å². The van der Waals surface area contributed by atoms with Crippen LogP contribution in [0.15, 0.2) is 42.5 Å². The summed E-state index contributed by atoms with van der Waals surface area (Å²) in [5.74, 6) is 0. The van der Waals surface area contributed by atoms with Crippen LogP contribution in [-0.2, 0) is 6.54 Å². The topological polar surface area (TPSA) is 12.0 Å². The van der Waals surface area contributed by atoms with Crippen LogP contribution in [0.25, 0.3) is 10.8 Å². The third-order valence-corrected chi connectivity index (χ3v) is 6.21. The fourth-order valence-electron chi connectivity index (χ4n) is 3.43. The molecule has 2 aromatic rings. The second-order valence-corrected chi connectivity index (χ2v) is 7.51. The van der Waals surface area contributed by atoms with Gasteiger partial charge in [0.25, 0.3) is 0 Å². The van der Waals surface area contributed by atoms with Crippen LogP contribution in [0.1, 0.15) is 37.7 Å². The fourth-order valence-corrected chi connectivity index (χ4v) is 4.38. The first-order valence-electron chi connectivity index (χ1n) is 8.05. The molecule has 3 rings (SSSR count). The first kappa shape index (κ1) is 14.9. The highest BCUT2D eigenvalue weighted by Crippen LogP contribution is 2.38. The third kappa shape index (κ3) is 3.61. The van der Waals surface area contributed by atoms with Gasteiger partial charge in [0, 0.05) is 17.8 Å². The number of nitrogens with one attached hydrogen (secondary N) is 1. The zero-order chi connectivity index (χ0) is 14.5. The molecule has 1 saturated carbocycles. The van der Waals surface area contributed by atoms with Crippen molar-refractivity contribution in [1.29, 1.82) is 0 Å². The van der Waals surface area contributed by atoms with Crippen molar-refractivity contribution in [3.8, 4) is 0 Å². The molecule has 1 aliphatic carbocycles. The molecule has 0 aliphatic heterocycles. The molecule has 2 heteroatoms. The minimum atomic E-state index is 0.481. The Labute approximate surface area is 132 Å². The van der Waals surface area contributed by atoms with Gasteiger partial charge >= 0.3 is 0 Å². The van der Waals surface area contributed by atoms with E-state index in [1.165, 1.54) is 48.4 Å². The van der Waals surface area contributed by atoms with E-state index in [2.05, 4.69) is 65.8 Å². The number of thioether (sulfide) groups is 1. The maximum Gasteiger partial charge on any atom is 0.0281 e. The molecule has 0 spiro atoms. The monoisotopic (exact) mass is 299 g/mol. The summed E-state index contributed by atoms with van der Waals surface area (Å²) in [7, 11) is 0. The smallest absolute Gasteiger partial charge is 0.0281 e. The van der Waals surface area contributed by atoms with E-state index in [1.807, 2.05) is 0 Å². The van der Waals surface area contributed by atoms with Gasteiger partial charge in [0.1, 0.15) is 0 Å². The predicted octanol–water partition coefficient (Wildman–Crippen LogP) is 5.00. The number of rotatable bonds is 5. The van der Waals surface area contributed by atoms with Crippen molar-refractivity contribution >= 4 is 22.5 Å². The second kappa shape index (κ2) is 6.85. The first-order valence-corrected chi connectivity index (χ1v) is 9.27. The van der Waals surface area contributed by atoms with E-state index < -0.39 is 0 Å². The Bertz CT molecular complexity index is 587. The molecule has 2 aromatic carbocycles. The number of benzene rings is 2. The molecule has 0 atom stereocenters. The van der Waals surface area contributed by atoms with E-state index in [-0.39, 0.29) is 0 Å². The van der Waals surface area contributed by atoms with Gasteiger partial charge in [-0.15, -0.1) is 0 Å². The van der Waals surface area contributed by atoms with Crippen LogP contribution in [0.4, 0.5) is 0 Å². The molecule has 0 radical (unpaired) electrons. The van der Waals surface area contributed by atoms with Gasteiger partial charge in [-0.3, -0.25) is 0 Å². The Balaban J connectivity index is 1.60. The molecular weight excluding hydrogens is 274 g/mol. The Kier molecular flexibility index (Phi) is 4.87. The maximum atomic E-state index is 3.71. The summed E-state index contributed by atoms with van der Waals surface area (Å²) < 4.78 is 0.481. The zero-order valence-corrected chi connectivity index (χ0v) is 13.7. The van der Waals surface area contributed by atoms with Crippen molar-refractivity contribution in [2.75, 3.05) is 12.8 Å². The summed E-state index contributed by atoms with van der Waals surface area (Å²) in [5, 5.41) is 6.38. The van der Waals surface area contributed by atoms with E-state index in [4.69, 9.17) is 0 Å². The molecule has 1 aliphatic rings. The maximum absolute atomic E-state index is 3.71. The molecule has 0 bridgehead atoms. The van der Waals surface area contributed by atoms with Crippen LogP contribution in [0.2, 0.25) is 0 Å². The van der Waals surface area contributed by atoms with Crippen LogP contribution < -0.4 is 5.32 Å². The van der Waals surface area contributed by atoms with E-state index in [9.17, 15) is 0 Å². The number of fused-ring (bicyclic) bond motifs is 1. The average molecular weight is 299 g/mol. The average Bonchev–Trinajstić information content (AvgIpc) is 2.55. The third-order valence-electron chi connectivity index (χ3n) is 4.79. The van der Waals surface area contributed by atoms with Gasteiger partial charge in [0.15, 0.2) is 0 Å². The number of hydrogen-bond donors (Lipinski definition) is 1. The molecule has 1 N–H and O–H groups in total. The van der Waals surface area contributed by atoms with E-state index in [1.54, 1.807) is 0 Å². The highest BCUT2D eigenvalue weighted by molar-refractivity contribution is 8.00. The van der Waals surface area contributed by atoms with Gasteiger partial charge in [0.05, 0.1) is 0 Å². The normalized spacial score (nSPS) is 18.0. The Morgan fingerprint density at radius 2 is 1.76 bits per heavy atom. The van der Waals surface area contributed by atoms with E-state index >= 15 is 0 Å². The van der Waals surface area contributed by atoms with E-state index in [0.29, 0.717) is 4.75 Å². The molecule has 0 heterocycles. The van der Waals surface area contributed by atoms with Crippen molar-refractivity contribution < 1.29 is 0 Å². The molecule has 1 fully saturated rings. The molecule has 0 unspecified atom stereocenters. The van der Waals surface area contributed by atoms with Crippen molar-refractivity contribution in [2.45, 2.75) is 43.4 Å². The molecule has 0 saturated heterocycles. The predicted molar refractivity (Wildman–Crippen MR) is 95.0 cm³/mol. The second-order valence-electron chi connectivity index (χ2n) is 6.23. The summed E-state index contributed by atoms with van der Waals surface area (Å²) >= 11 is 2.07. The first-order chi connectivity index (χ1) is 10.3. The van der Waals surface area contributed by atoms with Crippen LogP contribution >= 0.6 is 11.8 Å². The zero-order valence-electron chi connectivity index (χ0n) is 12.9. The lowest BCUT2D eigenvalue weighted by atomic mass is 9.88. The Hall–Kier alpha value is -0.990. The quantitative estimate of drug-likeness (QED) is 0.834. The van der Waals surface area contributed by atoms with Gasteiger partial charge in [0.2, 0.25) is 0 Å². The molecule has 0 aromatic heterocycles. The van der Waals surface area contributed by atoms with Crippen molar-refractivity contribution in [2.24, 2.45) is 0 Å². The summed E-state index contributed by atoms with van der Waals surface area (Å²) in [4.78, 5) is 0. The van der Waals surface area contributed by atoms with Crippen molar-refractivity contribution in [3.05, 3.63) is 48.0 Å². The minimum absolute atomic E-state index is 0.481. The van der Waals surface area contributed by atoms with Gasteiger partial charge in [-0.05, 0) is 41.5 Å². The lowest BCUT2D eigenvalue weighted by molar-refractivity contribution is 0.379.